The van der Waals surface area contributed by atoms with Crippen LogP contribution in [0.15, 0.2) is 41.6 Å². The van der Waals surface area contributed by atoms with Gasteiger partial charge >= 0.3 is 0 Å². The van der Waals surface area contributed by atoms with Crippen LogP contribution in [0.3, 0.4) is 0 Å². The molecule has 4 heterocycles. The lowest BCUT2D eigenvalue weighted by atomic mass is 9.99. The fraction of sp³-hybridized carbons (Fsp3) is 0.538. The van der Waals surface area contributed by atoms with E-state index in [4.69, 9.17) is 14.2 Å². The molecular formula is C26H33N3O4S. The van der Waals surface area contributed by atoms with E-state index in [1.807, 2.05) is 41.2 Å². The number of ether oxygens (including phenoxy) is 3. The van der Waals surface area contributed by atoms with Crippen molar-refractivity contribution in [3.63, 3.8) is 0 Å². The number of carbonyl (C=O) groups is 1. The van der Waals surface area contributed by atoms with Gasteiger partial charge in [-0.1, -0.05) is 13.8 Å². The first-order chi connectivity index (χ1) is 16.6. The van der Waals surface area contributed by atoms with E-state index in [0.717, 1.165) is 60.1 Å². The summed E-state index contributed by atoms with van der Waals surface area (Å²) in [6.45, 7) is 8.53. The monoisotopic (exact) mass is 483 g/mol. The molecule has 1 atom stereocenters. The molecule has 0 spiro atoms. The van der Waals surface area contributed by atoms with E-state index >= 15 is 0 Å². The molecule has 1 aromatic carbocycles. The molecule has 7 nitrogen and oxygen atoms in total. The quantitative estimate of drug-likeness (QED) is 0.560. The van der Waals surface area contributed by atoms with Gasteiger partial charge in [0.05, 0.1) is 30.7 Å². The van der Waals surface area contributed by atoms with Crippen molar-refractivity contribution in [2.45, 2.75) is 49.4 Å². The normalized spacial score (nSPS) is 20.9. The predicted octanol–water partition coefficient (Wildman–Crippen LogP) is 4.52. The van der Waals surface area contributed by atoms with Gasteiger partial charge in [0.1, 0.15) is 24.2 Å². The SMILES string of the molecule is CC(C)Sc1cncc(N2CCOc3ccc(OC4CCN(C(=O)C5CCOCC5)C4)cc32)c1. The molecule has 1 unspecified atom stereocenters. The second-order valence-electron chi connectivity index (χ2n) is 9.37. The molecule has 2 saturated heterocycles. The molecule has 1 amide bonds. The summed E-state index contributed by atoms with van der Waals surface area (Å²) in [5.74, 6) is 2.01. The maximum absolute atomic E-state index is 12.9. The van der Waals surface area contributed by atoms with Gasteiger partial charge in [-0.3, -0.25) is 9.78 Å². The molecule has 0 radical (unpaired) electrons. The highest BCUT2D eigenvalue weighted by molar-refractivity contribution is 7.99. The Morgan fingerprint density at radius 3 is 2.79 bits per heavy atom. The van der Waals surface area contributed by atoms with E-state index in [1.165, 1.54) is 0 Å². The maximum atomic E-state index is 12.9. The number of benzene rings is 1. The van der Waals surface area contributed by atoms with Crippen LogP contribution in [0.4, 0.5) is 11.4 Å². The highest BCUT2D eigenvalue weighted by Gasteiger charge is 2.33. The zero-order valence-electron chi connectivity index (χ0n) is 19.9. The summed E-state index contributed by atoms with van der Waals surface area (Å²) in [5, 5.41) is 0.498. The molecule has 2 aromatic rings. The number of nitrogens with zero attached hydrogens (tertiary/aromatic N) is 3. The molecule has 34 heavy (non-hydrogen) atoms. The number of hydrogen-bond donors (Lipinski definition) is 0. The molecule has 8 heteroatoms. The molecule has 1 aromatic heterocycles. The maximum Gasteiger partial charge on any atom is 0.225 e. The number of hydrogen-bond acceptors (Lipinski definition) is 7. The minimum absolute atomic E-state index is 0.00670. The summed E-state index contributed by atoms with van der Waals surface area (Å²) >= 11 is 1.81. The molecule has 0 aliphatic carbocycles. The van der Waals surface area contributed by atoms with E-state index in [-0.39, 0.29) is 17.9 Å². The lowest BCUT2D eigenvalue weighted by Gasteiger charge is -2.32. The van der Waals surface area contributed by atoms with Crippen LogP contribution in [-0.2, 0) is 9.53 Å². The smallest absolute Gasteiger partial charge is 0.225 e. The largest absolute Gasteiger partial charge is 0.490 e. The number of fused-ring (bicyclic) bond motifs is 1. The van der Waals surface area contributed by atoms with Gasteiger partial charge in [-0.25, -0.2) is 0 Å². The number of anilines is 2. The van der Waals surface area contributed by atoms with Gasteiger partial charge in [0.15, 0.2) is 0 Å². The van der Waals surface area contributed by atoms with E-state index in [1.54, 1.807) is 0 Å². The highest BCUT2D eigenvalue weighted by Crippen LogP contribution is 2.40. The van der Waals surface area contributed by atoms with Crippen LogP contribution < -0.4 is 14.4 Å². The number of carbonyl (C=O) groups excluding carboxylic acids is 1. The van der Waals surface area contributed by atoms with E-state index in [9.17, 15) is 4.79 Å². The summed E-state index contributed by atoms with van der Waals surface area (Å²) in [6, 6.07) is 8.20. The Morgan fingerprint density at radius 1 is 1.12 bits per heavy atom. The first kappa shape index (κ1) is 23.3. The third kappa shape index (κ3) is 5.28. The Balaban J connectivity index is 1.28. The number of rotatable bonds is 6. The van der Waals surface area contributed by atoms with Gasteiger partial charge < -0.3 is 24.0 Å². The van der Waals surface area contributed by atoms with Crippen molar-refractivity contribution in [1.29, 1.82) is 0 Å². The van der Waals surface area contributed by atoms with Gasteiger partial charge in [-0.15, -0.1) is 11.8 Å². The third-order valence-electron chi connectivity index (χ3n) is 6.51. The molecule has 2 fully saturated rings. The summed E-state index contributed by atoms with van der Waals surface area (Å²) in [7, 11) is 0. The number of likely N-dealkylation sites (tertiary alicyclic amines) is 1. The van der Waals surface area contributed by atoms with Crippen molar-refractivity contribution in [2.24, 2.45) is 5.92 Å². The fourth-order valence-corrected chi connectivity index (χ4v) is 5.71. The molecule has 0 bridgehead atoms. The molecule has 3 aliphatic heterocycles. The topological polar surface area (TPSA) is 64.1 Å². The zero-order valence-corrected chi connectivity index (χ0v) is 20.8. The fourth-order valence-electron chi connectivity index (χ4n) is 4.85. The first-order valence-corrected chi connectivity index (χ1v) is 13.1. The van der Waals surface area contributed by atoms with Crippen LogP contribution in [0, 0.1) is 5.92 Å². The Morgan fingerprint density at radius 2 is 1.97 bits per heavy atom. The van der Waals surface area contributed by atoms with Gasteiger partial charge in [-0.05, 0) is 31.0 Å². The van der Waals surface area contributed by atoms with E-state index < -0.39 is 0 Å². The van der Waals surface area contributed by atoms with Crippen molar-refractivity contribution in [3.05, 3.63) is 36.7 Å². The van der Waals surface area contributed by atoms with Crippen molar-refractivity contribution in [3.8, 4) is 11.5 Å². The van der Waals surface area contributed by atoms with Crippen LogP contribution in [0.2, 0.25) is 0 Å². The highest BCUT2D eigenvalue weighted by atomic mass is 32.2. The number of thioether (sulfide) groups is 1. The molecule has 0 N–H and O–H groups in total. The summed E-state index contributed by atoms with van der Waals surface area (Å²) < 4.78 is 17.7. The summed E-state index contributed by atoms with van der Waals surface area (Å²) in [6.07, 6.45) is 6.34. The second-order valence-corrected chi connectivity index (χ2v) is 11.0. The van der Waals surface area contributed by atoms with Gasteiger partial charge in [0.25, 0.3) is 0 Å². The average molecular weight is 484 g/mol. The lowest BCUT2D eigenvalue weighted by molar-refractivity contribution is -0.137. The van der Waals surface area contributed by atoms with Crippen LogP contribution >= 0.6 is 11.8 Å². The Bertz CT molecular complexity index is 1010. The van der Waals surface area contributed by atoms with Crippen molar-refractivity contribution < 1.29 is 19.0 Å². The first-order valence-electron chi connectivity index (χ1n) is 12.3. The standard InChI is InChI=1S/C26H33N3O4S/c1-18(2)34-23-13-20(15-27-16-23)29-9-12-32-25-4-3-21(14-24(25)29)33-22-5-8-28(17-22)26(30)19-6-10-31-11-7-19/h3-4,13-16,18-19,22H,5-12,17H2,1-2H3. The number of aromatic nitrogens is 1. The van der Waals surface area contributed by atoms with Gasteiger partial charge in [0, 0.05) is 54.5 Å². The van der Waals surface area contributed by atoms with Crippen molar-refractivity contribution >= 4 is 29.0 Å². The van der Waals surface area contributed by atoms with Crippen LogP contribution in [-0.4, -0.2) is 66.6 Å². The molecule has 0 saturated carbocycles. The minimum atomic E-state index is 0.00670. The Hall–Kier alpha value is -2.45. The van der Waals surface area contributed by atoms with Gasteiger partial charge in [0.2, 0.25) is 5.91 Å². The minimum Gasteiger partial charge on any atom is -0.490 e. The van der Waals surface area contributed by atoms with Crippen LogP contribution in [0.25, 0.3) is 0 Å². The summed E-state index contributed by atoms with van der Waals surface area (Å²) in [4.78, 5) is 22.7. The van der Waals surface area contributed by atoms with Crippen molar-refractivity contribution in [2.75, 3.05) is 44.4 Å². The predicted molar refractivity (Wildman–Crippen MR) is 133 cm³/mol. The number of pyridine rings is 1. The van der Waals surface area contributed by atoms with Gasteiger partial charge in [-0.2, -0.15) is 0 Å². The van der Waals surface area contributed by atoms with Crippen molar-refractivity contribution in [1.82, 2.24) is 9.88 Å². The lowest BCUT2D eigenvalue weighted by Crippen LogP contribution is -2.38. The summed E-state index contributed by atoms with van der Waals surface area (Å²) in [5.41, 5.74) is 2.05. The van der Waals surface area contributed by atoms with Crippen LogP contribution in [0.5, 0.6) is 11.5 Å². The molecular weight excluding hydrogens is 450 g/mol. The molecule has 182 valence electrons. The number of amides is 1. The Labute approximate surface area is 205 Å². The second kappa shape index (κ2) is 10.4. The zero-order chi connectivity index (χ0) is 23.5. The third-order valence-corrected chi connectivity index (χ3v) is 7.47. The van der Waals surface area contributed by atoms with E-state index in [2.05, 4.69) is 35.9 Å². The van der Waals surface area contributed by atoms with E-state index in [0.29, 0.717) is 31.6 Å². The molecule has 3 aliphatic rings. The average Bonchev–Trinajstić information content (AvgIpc) is 3.32. The molecule has 5 rings (SSSR count). The van der Waals surface area contributed by atoms with Crippen LogP contribution in [0.1, 0.15) is 33.1 Å². The Kier molecular flexibility index (Phi) is 7.15.